The highest BCUT2D eigenvalue weighted by atomic mass is 19.1. The third-order valence-electron chi connectivity index (χ3n) is 3.70. The van der Waals surface area contributed by atoms with Gasteiger partial charge in [0.05, 0.1) is 16.7 Å². The maximum absolute atomic E-state index is 14.2. The topological polar surface area (TPSA) is 80.5 Å². The summed E-state index contributed by atoms with van der Waals surface area (Å²) in [6.07, 6.45) is 0. The zero-order chi connectivity index (χ0) is 16.0. The van der Waals surface area contributed by atoms with Crippen molar-refractivity contribution >= 4 is 28.0 Å². The summed E-state index contributed by atoms with van der Waals surface area (Å²) < 4.78 is 15.6. The molecule has 2 aromatic carbocycles. The van der Waals surface area contributed by atoms with Crippen LogP contribution in [0.2, 0.25) is 0 Å². The van der Waals surface area contributed by atoms with Gasteiger partial charge in [-0.1, -0.05) is 24.3 Å². The lowest BCUT2D eigenvalue weighted by Crippen LogP contribution is -2.03. The summed E-state index contributed by atoms with van der Waals surface area (Å²) in [6, 6.07) is 15.5. The molecule has 5 nitrogen and oxygen atoms in total. The Labute approximate surface area is 130 Å². The Hall–Kier alpha value is -3.46. The minimum atomic E-state index is -0.449. The van der Waals surface area contributed by atoms with Crippen LogP contribution in [0.15, 0.2) is 48.5 Å². The second kappa shape index (κ2) is 4.78. The van der Waals surface area contributed by atoms with E-state index in [-0.39, 0.29) is 17.1 Å². The van der Waals surface area contributed by atoms with E-state index in [1.54, 1.807) is 24.3 Å². The van der Waals surface area contributed by atoms with Crippen molar-refractivity contribution in [1.82, 2.24) is 14.5 Å². The highest BCUT2D eigenvalue weighted by Gasteiger charge is 2.21. The number of fused-ring (bicyclic) bond motifs is 2. The van der Waals surface area contributed by atoms with Crippen LogP contribution in [0, 0.1) is 17.1 Å². The summed E-state index contributed by atoms with van der Waals surface area (Å²) in [5, 5.41) is 9.41. The molecule has 6 heteroatoms. The number of nitrogens with zero attached hydrogens (tertiary/aromatic N) is 4. The van der Waals surface area contributed by atoms with Crippen molar-refractivity contribution in [3.05, 3.63) is 59.9 Å². The average Bonchev–Trinajstić information content (AvgIpc) is 2.84. The molecule has 2 aromatic heterocycles. The molecular formula is C17H10FN5. The first-order valence-electron chi connectivity index (χ1n) is 6.92. The first kappa shape index (κ1) is 13.2. The van der Waals surface area contributed by atoms with Gasteiger partial charge >= 0.3 is 0 Å². The number of hydrogen-bond acceptors (Lipinski definition) is 4. The molecule has 2 heterocycles. The summed E-state index contributed by atoms with van der Waals surface area (Å²) in [5.41, 5.74) is 8.56. The molecule has 23 heavy (non-hydrogen) atoms. The van der Waals surface area contributed by atoms with E-state index in [1.165, 1.54) is 10.6 Å². The van der Waals surface area contributed by atoms with Crippen molar-refractivity contribution in [3.8, 4) is 11.8 Å². The molecule has 0 fully saturated rings. The largest absolute Gasteiger partial charge is 0.384 e. The fraction of sp³-hybridized carbons (Fsp3) is 0. The number of benzene rings is 2. The molecule has 0 atom stereocenters. The normalized spacial score (nSPS) is 11.0. The second-order valence-electron chi connectivity index (χ2n) is 5.04. The zero-order valence-corrected chi connectivity index (χ0v) is 11.9. The van der Waals surface area contributed by atoms with Crippen LogP contribution >= 0.6 is 0 Å². The van der Waals surface area contributed by atoms with Crippen molar-refractivity contribution in [2.75, 3.05) is 5.73 Å². The van der Waals surface area contributed by atoms with Gasteiger partial charge in [-0.2, -0.15) is 5.26 Å². The van der Waals surface area contributed by atoms with Gasteiger partial charge in [0.2, 0.25) is 0 Å². The number of hydrogen-bond donors (Lipinski definition) is 1. The summed E-state index contributed by atoms with van der Waals surface area (Å²) in [7, 11) is 0. The number of nitriles is 1. The maximum atomic E-state index is 14.2. The molecule has 0 aliphatic rings. The fourth-order valence-electron chi connectivity index (χ4n) is 2.65. The number of nitrogens with two attached hydrogens (primary N) is 1. The van der Waals surface area contributed by atoms with Gasteiger partial charge in [0.15, 0.2) is 5.65 Å². The van der Waals surface area contributed by atoms with Crippen molar-refractivity contribution in [1.29, 1.82) is 5.26 Å². The van der Waals surface area contributed by atoms with Gasteiger partial charge in [0.25, 0.3) is 0 Å². The van der Waals surface area contributed by atoms with Crippen LogP contribution in [0.25, 0.3) is 27.9 Å². The van der Waals surface area contributed by atoms with Crippen molar-refractivity contribution in [2.24, 2.45) is 0 Å². The summed E-state index contributed by atoms with van der Waals surface area (Å²) in [5.74, 6) is -0.321. The monoisotopic (exact) mass is 303 g/mol. The standard InChI is InChI=1S/C17H10FN5/c18-11-5-1-4-8-14(11)23-16(20)10(9-19)15-17(23)22-13-7-3-2-6-12(13)21-15/h1-8H,20H2. The van der Waals surface area contributed by atoms with Crippen LogP contribution < -0.4 is 5.73 Å². The molecule has 0 unspecified atom stereocenters. The van der Waals surface area contributed by atoms with E-state index in [0.29, 0.717) is 22.2 Å². The predicted octanol–water partition coefficient (Wildman–Crippen LogP) is 3.17. The van der Waals surface area contributed by atoms with Gasteiger partial charge < -0.3 is 5.73 Å². The molecule has 0 radical (unpaired) electrons. The van der Waals surface area contributed by atoms with Crippen molar-refractivity contribution in [2.45, 2.75) is 0 Å². The van der Waals surface area contributed by atoms with E-state index >= 15 is 0 Å². The Morgan fingerprint density at radius 1 is 1.00 bits per heavy atom. The highest BCUT2D eigenvalue weighted by molar-refractivity contribution is 5.93. The summed E-state index contributed by atoms with van der Waals surface area (Å²) >= 11 is 0. The molecule has 0 aliphatic carbocycles. The molecule has 0 amide bonds. The molecule has 0 bridgehead atoms. The van der Waals surface area contributed by atoms with E-state index < -0.39 is 5.82 Å². The molecule has 0 spiro atoms. The SMILES string of the molecule is N#Cc1c(N)n(-c2ccccc2F)c2nc3ccccc3nc12. The molecule has 0 aliphatic heterocycles. The van der Waals surface area contributed by atoms with Gasteiger partial charge in [-0.25, -0.2) is 14.4 Å². The van der Waals surface area contributed by atoms with E-state index in [0.717, 1.165) is 0 Å². The number of rotatable bonds is 1. The van der Waals surface area contributed by atoms with Crippen LogP contribution in [-0.4, -0.2) is 14.5 Å². The van der Waals surface area contributed by atoms with Gasteiger partial charge in [-0.05, 0) is 24.3 Å². The van der Waals surface area contributed by atoms with E-state index in [1.807, 2.05) is 24.3 Å². The van der Waals surface area contributed by atoms with Crippen LogP contribution in [0.1, 0.15) is 5.56 Å². The summed E-state index contributed by atoms with van der Waals surface area (Å²) in [6.45, 7) is 0. The highest BCUT2D eigenvalue weighted by Crippen LogP contribution is 2.31. The molecule has 0 saturated carbocycles. The van der Waals surface area contributed by atoms with E-state index in [9.17, 15) is 9.65 Å². The Balaban J connectivity index is 2.20. The Morgan fingerprint density at radius 2 is 1.65 bits per heavy atom. The Morgan fingerprint density at radius 3 is 2.35 bits per heavy atom. The molecule has 2 N–H and O–H groups in total. The fourth-order valence-corrected chi connectivity index (χ4v) is 2.65. The van der Waals surface area contributed by atoms with Crippen LogP contribution in [0.4, 0.5) is 10.2 Å². The number of aromatic nitrogens is 3. The average molecular weight is 303 g/mol. The lowest BCUT2D eigenvalue weighted by atomic mass is 10.2. The number of halogens is 1. The first-order valence-corrected chi connectivity index (χ1v) is 6.92. The Kier molecular flexibility index (Phi) is 2.75. The molecular weight excluding hydrogens is 293 g/mol. The zero-order valence-electron chi connectivity index (χ0n) is 11.9. The van der Waals surface area contributed by atoms with Gasteiger partial charge in [-0.3, -0.25) is 4.57 Å². The molecule has 0 saturated heterocycles. The van der Waals surface area contributed by atoms with E-state index in [2.05, 4.69) is 9.97 Å². The van der Waals surface area contributed by atoms with Crippen molar-refractivity contribution < 1.29 is 4.39 Å². The third kappa shape index (κ3) is 1.84. The maximum Gasteiger partial charge on any atom is 0.167 e. The lowest BCUT2D eigenvalue weighted by molar-refractivity contribution is 0.620. The first-order chi connectivity index (χ1) is 11.2. The van der Waals surface area contributed by atoms with E-state index in [4.69, 9.17) is 5.73 Å². The van der Waals surface area contributed by atoms with Crippen LogP contribution in [-0.2, 0) is 0 Å². The number of anilines is 1. The quantitative estimate of drug-likeness (QED) is 0.585. The molecule has 4 aromatic rings. The Bertz CT molecular complexity index is 1110. The molecule has 110 valence electrons. The predicted molar refractivity (Wildman–Crippen MR) is 85.5 cm³/mol. The van der Waals surface area contributed by atoms with Crippen LogP contribution in [0.3, 0.4) is 0 Å². The number of nitrogen functional groups attached to an aromatic ring is 1. The van der Waals surface area contributed by atoms with Gasteiger partial charge in [-0.15, -0.1) is 0 Å². The second-order valence-corrected chi connectivity index (χ2v) is 5.04. The van der Waals surface area contributed by atoms with Crippen LogP contribution in [0.5, 0.6) is 0 Å². The minimum Gasteiger partial charge on any atom is -0.384 e. The van der Waals surface area contributed by atoms with Gasteiger partial charge in [0, 0.05) is 0 Å². The van der Waals surface area contributed by atoms with Crippen molar-refractivity contribution in [3.63, 3.8) is 0 Å². The third-order valence-corrected chi connectivity index (χ3v) is 3.70. The lowest BCUT2D eigenvalue weighted by Gasteiger charge is -2.08. The van der Waals surface area contributed by atoms with Gasteiger partial charge in [0.1, 0.15) is 28.8 Å². The minimum absolute atomic E-state index is 0.128. The molecule has 4 rings (SSSR count). The number of para-hydroxylation sites is 3. The summed E-state index contributed by atoms with van der Waals surface area (Å²) in [4.78, 5) is 9.00. The smallest absolute Gasteiger partial charge is 0.167 e.